The van der Waals surface area contributed by atoms with E-state index >= 15 is 0 Å². The molecule has 0 aromatic rings. The van der Waals surface area contributed by atoms with Gasteiger partial charge in [-0.2, -0.15) is 35.1 Å². The molecule has 90 valence electrons. The van der Waals surface area contributed by atoms with E-state index < -0.39 is 30.6 Å². The van der Waals surface area contributed by atoms with E-state index in [1.54, 1.807) is 0 Å². The predicted molar refractivity (Wildman–Crippen MR) is 27.3 cm³/mol. The fourth-order valence-corrected chi connectivity index (χ4v) is 0.359. The van der Waals surface area contributed by atoms with Crippen molar-refractivity contribution in [3.8, 4) is 0 Å². The highest BCUT2D eigenvalue weighted by Gasteiger charge is 2.51. The summed E-state index contributed by atoms with van der Waals surface area (Å²) in [5, 5.41) is 0. The van der Waals surface area contributed by atoms with Crippen LogP contribution in [0.5, 0.6) is 0 Å². The maximum absolute atomic E-state index is 12.0. The minimum Gasteiger partial charge on any atom is -0.271 e. The van der Waals surface area contributed by atoms with Crippen molar-refractivity contribution >= 4 is 0 Å². The predicted octanol–water partition coefficient (Wildman–Crippen LogP) is 3.53. The van der Waals surface area contributed by atoms with Crippen molar-refractivity contribution in [1.82, 2.24) is 0 Å². The van der Waals surface area contributed by atoms with Gasteiger partial charge in [-0.05, 0) is 0 Å². The Morgan fingerprint density at radius 1 is 0.933 bits per heavy atom. The van der Waals surface area contributed by atoms with Gasteiger partial charge in [-0.1, -0.05) is 0 Å². The molecule has 0 heterocycles. The van der Waals surface area contributed by atoms with Crippen molar-refractivity contribution in [2.75, 3.05) is 0 Å². The van der Waals surface area contributed by atoms with Crippen LogP contribution in [0.3, 0.4) is 0 Å². The molecule has 0 saturated carbocycles. The molecule has 0 rings (SSSR count). The molecule has 0 spiro atoms. The van der Waals surface area contributed by atoms with Crippen LogP contribution in [0, 0.1) is 0 Å². The molecule has 1 nitrogen and oxygen atoms in total. The lowest BCUT2D eigenvalue weighted by Gasteiger charge is -2.18. The molecule has 0 aliphatic heterocycles. The fraction of sp³-hybridized carbons (Fsp3) is 0.600. The van der Waals surface area contributed by atoms with Crippen LogP contribution in [0.15, 0.2) is 11.9 Å². The summed E-state index contributed by atoms with van der Waals surface area (Å²) < 4.78 is 106. The molecule has 0 saturated heterocycles. The number of hydrogen-bond donors (Lipinski definition) is 0. The largest absolute Gasteiger partial charge is 0.445 e. The average molecular weight is 248 g/mol. The number of hydrogen-bond acceptors (Lipinski definition) is 1. The number of alkyl halides is 6. The van der Waals surface area contributed by atoms with Crippen LogP contribution in [0.25, 0.3) is 0 Å². The van der Waals surface area contributed by atoms with Crippen molar-refractivity contribution in [2.24, 2.45) is 0 Å². The average Bonchev–Trinajstić information content (AvgIpc) is 2.00. The van der Waals surface area contributed by atoms with Crippen LogP contribution in [0.1, 0.15) is 0 Å². The van der Waals surface area contributed by atoms with Gasteiger partial charge in [0.05, 0.1) is 0 Å². The van der Waals surface area contributed by atoms with Gasteiger partial charge in [0.1, 0.15) is 0 Å². The summed E-state index contributed by atoms with van der Waals surface area (Å²) in [5.41, 5.74) is 0. The third kappa shape index (κ3) is 3.98. The van der Waals surface area contributed by atoms with Crippen LogP contribution in [0.4, 0.5) is 39.5 Å². The summed E-state index contributed by atoms with van der Waals surface area (Å²) in [4.78, 5) is 0. The zero-order valence-electron chi connectivity index (χ0n) is 6.39. The summed E-state index contributed by atoms with van der Waals surface area (Å²) in [6.07, 6.45) is -19.7. The first-order valence-electron chi connectivity index (χ1n) is 2.96. The van der Waals surface area contributed by atoms with Crippen LogP contribution in [-0.4, -0.2) is 18.6 Å². The molecule has 0 aromatic heterocycles. The molecule has 0 aromatic carbocycles. The summed E-state index contributed by atoms with van der Waals surface area (Å²) in [7, 11) is 0. The second kappa shape index (κ2) is 4.29. The van der Waals surface area contributed by atoms with E-state index in [4.69, 9.17) is 0 Å². The Kier molecular flexibility index (Phi) is 4.02. The Balaban J connectivity index is 4.74. The van der Waals surface area contributed by atoms with E-state index in [1.807, 2.05) is 0 Å². The lowest BCUT2D eigenvalue weighted by atomic mass is 10.5. The molecule has 1 unspecified atom stereocenters. The molecule has 10 heteroatoms. The van der Waals surface area contributed by atoms with Gasteiger partial charge in [0.2, 0.25) is 0 Å². The van der Waals surface area contributed by atoms with E-state index in [0.29, 0.717) is 0 Å². The topological polar surface area (TPSA) is 9.23 Å². The standard InChI is InChI=1S/C5HF9O/c6-1(2(7)8)5(13,14)15-3(9)4(10,11)12/h3H. The molecule has 0 bridgehead atoms. The first-order valence-corrected chi connectivity index (χ1v) is 2.96. The molecule has 15 heavy (non-hydrogen) atoms. The summed E-state index contributed by atoms with van der Waals surface area (Å²) in [6.45, 7) is 0. The van der Waals surface area contributed by atoms with E-state index in [0.717, 1.165) is 0 Å². The highest BCUT2D eigenvalue weighted by Crippen LogP contribution is 2.35. The third-order valence-electron chi connectivity index (χ3n) is 0.930. The van der Waals surface area contributed by atoms with Gasteiger partial charge >= 0.3 is 18.4 Å². The highest BCUT2D eigenvalue weighted by atomic mass is 19.4. The normalized spacial score (nSPS) is 15.0. The van der Waals surface area contributed by atoms with Gasteiger partial charge in [0, 0.05) is 0 Å². The zero-order valence-corrected chi connectivity index (χ0v) is 6.39. The number of rotatable bonds is 3. The van der Waals surface area contributed by atoms with Gasteiger partial charge in [0.15, 0.2) is 0 Å². The molecular weight excluding hydrogens is 247 g/mol. The van der Waals surface area contributed by atoms with Crippen LogP contribution >= 0.6 is 0 Å². The molecule has 0 N–H and O–H groups in total. The molecular formula is C5HF9O. The van der Waals surface area contributed by atoms with Crippen LogP contribution < -0.4 is 0 Å². The first-order chi connectivity index (χ1) is 6.48. The van der Waals surface area contributed by atoms with E-state index in [2.05, 4.69) is 4.74 Å². The zero-order chi connectivity index (χ0) is 12.4. The van der Waals surface area contributed by atoms with Gasteiger partial charge in [-0.25, -0.2) is 4.39 Å². The Morgan fingerprint density at radius 3 is 1.60 bits per heavy atom. The van der Waals surface area contributed by atoms with Crippen LogP contribution in [-0.2, 0) is 4.74 Å². The lowest BCUT2D eigenvalue weighted by Crippen LogP contribution is -2.35. The smallest absolute Gasteiger partial charge is 0.271 e. The summed E-state index contributed by atoms with van der Waals surface area (Å²) in [6, 6.07) is 0. The van der Waals surface area contributed by atoms with Gasteiger partial charge in [-0.15, -0.1) is 0 Å². The van der Waals surface area contributed by atoms with Gasteiger partial charge < -0.3 is 0 Å². The van der Waals surface area contributed by atoms with Crippen molar-refractivity contribution in [3.63, 3.8) is 0 Å². The van der Waals surface area contributed by atoms with Gasteiger partial charge in [0.25, 0.3) is 12.2 Å². The summed E-state index contributed by atoms with van der Waals surface area (Å²) in [5.74, 6) is -3.57. The molecule has 0 radical (unpaired) electrons. The minimum absolute atomic E-state index is 2.19. The minimum atomic E-state index is -5.86. The lowest BCUT2D eigenvalue weighted by molar-refractivity contribution is -0.348. The Morgan fingerprint density at radius 2 is 1.33 bits per heavy atom. The van der Waals surface area contributed by atoms with Crippen molar-refractivity contribution in [3.05, 3.63) is 11.9 Å². The SMILES string of the molecule is FC(F)=C(F)C(F)(F)OC(F)C(F)(F)F. The molecule has 0 aliphatic rings. The Hall–Kier alpha value is -0.930. The maximum atomic E-state index is 12.0. The van der Waals surface area contributed by atoms with Crippen molar-refractivity contribution in [1.29, 1.82) is 0 Å². The molecule has 0 amide bonds. The highest BCUT2D eigenvalue weighted by molar-refractivity contribution is 4.99. The number of ether oxygens (including phenoxy) is 1. The third-order valence-corrected chi connectivity index (χ3v) is 0.930. The molecule has 1 atom stereocenters. The quantitative estimate of drug-likeness (QED) is 0.694. The van der Waals surface area contributed by atoms with Crippen molar-refractivity contribution in [2.45, 2.75) is 18.6 Å². The fourth-order valence-electron chi connectivity index (χ4n) is 0.359. The van der Waals surface area contributed by atoms with E-state index in [1.165, 1.54) is 0 Å². The first kappa shape index (κ1) is 14.1. The summed E-state index contributed by atoms with van der Waals surface area (Å²) >= 11 is 0. The molecule has 0 fully saturated rings. The van der Waals surface area contributed by atoms with Crippen molar-refractivity contribution < 1.29 is 44.3 Å². The van der Waals surface area contributed by atoms with Crippen LogP contribution in [0.2, 0.25) is 0 Å². The Bertz CT molecular complexity index is 250. The second-order valence-corrected chi connectivity index (χ2v) is 2.07. The second-order valence-electron chi connectivity index (χ2n) is 2.07. The van der Waals surface area contributed by atoms with E-state index in [9.17, 15) is 39.5 Å². The maximum Gasteiger partial charge on any atom is 0.445 e. The Labute approximate surface area is 76.1 Å². The monoisotopic (exact) mass is 248 g/mol. The van der Waals surface area contributed by atoms with E-state index in [-0.39, 0.29) is 0 Å². The molecule has 0 aliphatic carbocycles. The number of halogens is 9. The van der Waals surface area contributed by atoms with Gasteiger partial charge in [-0.3, -0.25) is 4.74 Å².